The molecule has 2 heteroatoms. The van der Waals surface area contributed by atoms with E-state index in [9.17, 15) is 0 Å². The molecule has 106 valence electrons. The summed E-state index contributed by atoms with van der Waals surface area (Å²) < 4.78 is 5.65. The van der Waals surface area contributed by atoms with Gasteiger partial charge in [-0.25, -0.2) is 0 Å². The molecule has 0 heterocycles. The van der Waals surface area contributed by atoms with Crippen molar-refractivity contribution in [1.29, 1.82) is 0 Å². The third kappa shape index (κ3) is 3.97. The molecule has 0 aromatic heterocycles. The van der Waals surface area contributed by atoms with Gasteiger partial charge in [-0.3, -0.25) is 0 Å². The molecule has 1 aliphatic carbocycles. The van der Waals surface area contributed by atoms with Crippen molar-refractivity contribution >= 4 is 0 Å². The van der Waals surface area contributed by atoms with Crippen molar-refractivity contribution in [2.75, 3.05) is 13.2 Å². The van der Waals surface area contributed by atoms with Gasteiger partial charge in [-0.1, -0.05) is 38.3 Å². The first kappa shape index (κ1) is 14.4. The van der Waals surface area contributed by atoms with Gasteiger partial charge >= 0.3 is 0 Å². The van der Waals surface area contributed by atoms with Crippen LogP contribution in [-0.4, -0.2) is 13.2 Å². The summed E-state index contributed by atoms with van der Waals surface area (Å²) in [5, 5.41) is 0. The van der Waals surface area contributed by atoms with Crippen LogP contribution in [0.3, 0.4) is 0 Å². The van der Waals surface area contributed by atoms with Gasteiger partial charge in [0.15, 0.2) is 0 Å². The van der Waals surface area contributed by atoms with Crippen molar-refractivity contribution in [3.63, 3.8) is 0 Å². The molecule has 2 nitrogen and oxygen atoms in total. The Morgan fingerprint density at radius 3 is 2.53 bits per heavy atom. The Hall–Kier alpha value is -1.02. The first-order chi connectivity index (χ1) is 9.35. The van der Waals surface area contributed by atoms with Gasteiger partial charge in [0.05, 0.1) is 6.61 Å². The van der Waals surface area contributed by atoms with Gasteiger partial charge < -0.3 is 10.5 Å². The maximum absolute atomic E-state index is 5.97. The molecule has 1 saturated carbocycles. The Labute approximate surface area is 117 Å². The highest BCUT2D eigenvalue weighted by Crippen LogP contribution is 2.36. The zero-order chi connectivity index (χ0) is 13.5. The number of ether oxygens (including phenoxy) is 1. The highest BCUT2D eigenvalue weighted by molar-refractivity contribution is 5.30. The van der Waals surface area contributed by atoms with Crippen LogP contribution in [-0.2, 0) is 0 Å². The number of rotatable bonds is 5. The molecule has 1 fully saturated rings. The van der Waals surface area contributed by atoms with Crippen molar-refractivity contribution in [3.05, 3.63) is 29.8 Å². The number of benzene rings is 1. The van der Waals surface area contributed by atoms with Gasteiger partial charge in [-0.05, 0) is 55.3 Å². The molecule has 0 radical (unpaired) electrons. The van der Waals surface area contributed by atoms with E-state index < -0.39 is 0 Å². The summed E-state index contributed by atoms with van der Waals surface area (Å²) in [6.07, 6.45) is 7.68. The van der Waals surface area contributed by atoms with Crippen molar-refractivity contribution in [2.24, 2.45) is 11.7 Å². The summed E-state index contributed by atoms with van der Waals surface area (Å²) in [7, 11) is 0. The molecule has 0 saturated heterocycles. The topological polar surface area (TPSA) is 35.2 Å². The maximum Gasteiger partial charge on any atom is 0.119 e. The highest BCUT2D eigenvalue weighted by atomic mass is 16.5. The average Bonchev–Trinajstić information content (AvgIpc) is 2.70. The SMILES string of the molecule is CCCOc1ccc(C2CCCCCC2CN)cc1. The maximum atomic E-state index is 5.97. The van der Waals surface area contributed by atoms with E-state index in [1.165, 1.54) is 37.7 Å². The lowest BCUT2D eigenvalue weighted by molar-refractivity contribution is 0.317. The van der Waals surface area contributed by atoms with Crippen LogP contribution in [0, 0.1) is 5.92 Å². The molecule has 2 atom stereocenters. The van der Waals surface area contributed by atoms with E-state index in [-0.39, 0.29) is 0 Å². The molecular formula is C17H27NO. The smallest absolute Gasteiger partial charge is 0.119 e. The van der Waals surface area contributed by atoms with Crippen LogP contribution < -0.4 is 10.5 Å². The molecular weight excluding hydrogens is 234 g/mol. The zero-order valence-electron chi connectivity index (χ0n) is 12.1. The van der Waals surface area contributed by atoms with Crippen molar-refractivity contribution in [3.8, 4) is 5.75 Å². The predicted octanol–water partition coefficient (Wildman–Crippen LogP) is 4.10. The minimum atomic E-state index is 0.646. The number of hydrogen-bond acceptors (Lipinski definition) is 2. The summed E-state index contributed by atoms with van der Waals surface area (Å²) in [4.78, 5) is 0. The molecule has 0 bridgehead atoms. The summed E-state index contributed by atoms with van der Waals surface area (Å²) in [5.74, 6) is 2.29. The minimum Gasteiger partial charge on any atom is -0.494 e. The highest BCUT2D eigenvalue weighted by Gasteiger charge is 2.23. The quantitative estimate of drug-likeness (QED) is 0.810. The van der Waals surface area contributed by atoms with E-state index in [0.29, 0.717) is 11.8 Å². The van der Waals surface area contributed by atoms with E-state index in [1.54, 1.807) is 0 Å². The Morgan fingerprint density at radius 1 is 1.11 bits per heavy atom. The Balaban J connectivity index is 2.06. The molecule has 2 rings (SSSR count). The normalized spacial score (nSPS) is 23.9. The number of nitrogens with two attached hydrogens (primary N) is 1. The zero-order valence-corrected chi connectivity index (χ0v) is 12.1. The third-order valence-electron chi connectivity index (χ3n) is 4.24. The Morgan fingerprint density at radius 2 is 1.84 bits per heavy atom. The number of hydrogen-bond donors (Lipinski definition) is 1. The summed E-state index contributed by atoms with van der Waals surface area (Å²) >= 11 is 0. The first-order valence-corrected chi connectivity index (χ1v) is 7.78. The lowest BCUT2D eigenvalue weighted by Gasteiger charge is -2.24. The lowest BCUT2D eigenvalue weighted by atomic mass is 9.82. The lowest BCUT2D eigenvalue weighted by Crippen LogP contribution is -2.21. The summed E-state index contributed by atoms with van der Waals surface area (Å²) in [5.41, 5.74) is 7.42. The van der Waals surface area contributed by atoms with Crippen LogP contribution in [0.2, 0.25) is 0 Å². The van der Waals surface area contributed by atoms with E-state index in [4.69, 9.17) is 10.5 Å². The van der Waals surface area contributed by atoms with E-state index >= 15 is 0 Å². The average molecular weight is 261 g/mol. The van der Waals surface area contributed by atoms with Crippen LogP contribution in [0.5, 0.6) is 5.75 Å². The second-order valence-corrected chi connectivity index (χ2v) is 5.66. The largest absolute Gasteiger partial charge is 0.494 e. The van der Waals surface area contributed by atoms with Crippen molar-refractivity contribution < 1.29 is 4.74 Å². The van der Waals surface area contributed by atoms with Gasteiger partial charge in [0.2, 0.25) is 0 Å². The van der Waals surface area contributed by atoms with Crippen molar-refractivity contribution in [1.82, 2.24) is 0 Å². The molecule has 2 N–H and O–H groups in total. The first-order valence-electron chi connectivity index (χ1n) is 7.78. The second kappa shape index (κ2) is 7.54. The Kier molecular flexibility index (Phi) is 5.71. The van der Waals surface area contributed by atoms with Crippen LogP contribution in [0.4, 0.5) is 0 Å². The van der Waals surface area contributed by atoms with Gasteiger partial charge in [0.25, 0.3) is 0 Å². The van der Waals surface area contributed by atoms with E-state index in [2.05, 4.69) is 31.2 Å². The molecule has 1 aliphatic rings. The van der Waals surface area contributed by atoms with E-state index in [0.717, 1.165) is 25.3 Å². The van der Waals surface area contributed by atoms with Crippen molar-refractivity contribution in [2.45, 2.75) is 51.4 Å². The standard InChI is InChI=1S/C17H27NO/c1-2-12-19-16-10-8-14(9-11-16)17-7-5-3-4-6-15(17)13-18/h8-11,15,17H,2-7,12-13,18H2,1H3. The molecule has 1 aromatic rings. The molecule has 0 amide bonds. The molecule has 1 aromatic carbocycles. The molecule has 2 unspecified atom stereocenters. The molecule has 0 spiro atoms. The van der Waals surface area contributed by atoms with Crippen LogP contribution in [0.1, 0.15) is 56.9 Å². The fourth-order valence-electron chi connectivity index (χ4n) is 3.14. The third-order valence-corrected chi connectivity index (χ3v) is 4.24. The minimum absolute atomic E-state index is 0.646. The second-order valence-electron chi connectivity index (χ2n) is 5.66. The Bertz CT molecular complexity index is 360. The molecule has 0 aliphatic heterocycles. The van der Waals surface area contributed by atoms with Gasteiger partial charge in [0, 0.05) is 0 Å². The van der Waals surface area contributed by atoms with Gasteiger partial charge in [-0.15, -0.1) is 0 Å². The van der Waals surface area contributed by atoms with Crippen LogP contribution in [0.15, 0.2) is 24.3 Å². The predicted molar refractivity (Wildman–Crippen MR) is 80.6 cm³/mol. The van der Waals surface area contributed by atoms with Gasteiger partial charge in [-0.2, -0.15) is 0 Å². The fourth-order valence-corrected chi connectivity index (χ4v) is 3.14. The monoisotopic (exact) mass is 261 g/mol. The summed E-state index contributed by atoms with van der Waals surface area (Å²) in [6.45, 7) is 3.75. The fraction of sp³-hybridized carbons (Fsp3) is 0.647. The van der Waals surface area contributed by atoms with Gasteiger partial charge in [0.1, 0.15) is 5.75 Å². The van der Waals surface area contributed by atoms with Crippen LogP contribution >= 0.6 is 0 Å². The summed E-state index contributed by atoms with van der Waals surface area (Å²) in [6, 6.07) is 8.71. The van der Waals surface area contributed by atoms with E-state index in [1.807, 2.05) is 0 Å². The van der Waals surface area contributed by atoms with Crippen LogP contribution in [0.25, 0.3) is 0 Å². The molecule has 19 heavy (non-hydrogen) atoms.